The first-order valence-electron chi connectivity index (χ1n) is 5.45. The average molecular weight is 270 g/mol. The van der Waals surface area contributed by atoms with Gasteiger partial charge in [0, 0.05) is 17.9 Å². The van der Waals surface area contributed by atoms with E-state index in [-0.39, 0.29) is 24.3 Å². The third kappa shape index (κ3) is 2.49. The molecule has 1 saturated heterocycles. The summed E-state index contributed by atoms with van der Waals surface area (Å²) in [6.07, 6.45) is 0. The van der Waals surface area contributed by atoms with Gasteiger partial charge in [-0.15, -0.1) is 11.8 Å². The van der Waals surface area contributed by atoms with Crippen molar-refractivity contribution >= 4 is 17.4 Å². The van der Waals surface area contributed by atoms with Crippen molar-refractivity contribution < 1.29 is 15.1 Å². The highest BCUT2D eigenvalue weighted by Gasteiger charge is 2.38. The monoisotopic (exact) mass is 270 g/mol. The molecule has 0 bridgehead atoms. The number of hydrogen-bond acceptors (Lipinski definition) is 6. The summed E-state index contributed by atoms with van der Waals surface area (Å²) >= 11 is 1.56. The van der Waals surface area contributed by atoms with E-state index in [1.54, 1.807) is 23.9 Å². The molecule has 1 heterocycles. The lowest BCUT2D eigenvalue weighted by molar-refractivity contribution is -0.384. The summed E-state index contributed by atoms with van der Waals surface area (Å²) in [5.74, 6) is 0.599. The van der Waals surface area contributed by atoms with Gasteiger partial charge in [-0.25, -0.2) is 0 Å². The molecule has 98 valence electrons. The molecule has 7 heteroatoms. The zero-order chi connectivity index (χ0) is 13.2. The molecule has 0 saturated carbocycles. The van der Waals surface area contributed by atoms with E-state index in [0.29, 0.717) is 5.75 Å². The molecule has 3 N–H and O–H groups in total. The molecule has 0 aromatic heterocycles. The van der Waals surface area contributed by atoms with E-state index >= 15 is 0 Å². The largest absolute Gasteiger partial charge is 0.394 e. The summed E-state index contributed by atoms with van der Waals surface area (Å²) in [6, 6.07) is 6.28. The van der Waals surface area contributed by atoms with Crippen molar-refractivity contribution in [3.63, 3.8) is 0 Å². The normalized spacial score (nSPS) is 22.0. The number of nitro groups is 1. The van der Waals surface area contributed by atoms with Gasteiger partial charge in [-0.3, -0.25) is 15.4 Å². The molecule has 0 radical (unpaired) electrons. The van der Waals surface area contributed by atoms with E-state index in [4.69, 9.17) is 0 Å². The molecule has 1 fully saturated rings. The smallest absolute Gasteiger partial charge is 0.269 e. The molecule has 1 aromatic rings. The van der Waals surface area contributed by atoms with Crippen LogP contribution in [0.3, 0.4) is 0 Å². The Kier molecular flexibility index (Phi) is 3.86. The molecular formula is C11H14N2O4S. The van der Waals surface area contributed by atoms with Crippen LogP contribution in [-0.4, -0.2) is 39.6 Å². The molecule has 1 aliphatic rings. The van der Waals surface area contributed by atoms with Crippen LogP contribution in [-0.2, 0) is 0 Å². The predicted octanol–water partition coefficient (Wildman–Crippen LogP) is 0.653. The Hall–Kier alpha value is -1.15. The van der Waals surface area contributed by atoms with Crippen LogP contribution < -0.4 is 5.32 Å². The van der Waals surface area contributed by atoms with Gasteiger partial charge in [-0.05, 0) is 17.7 Å². The van der Waals surface area contributed by atoms with E-state index < -0.39 is 10.5 Å². The van der Waals surface area contributed by atoms with Crippen molar-refractivity contribution in [2.45, 2.75) is 10.9 Å². The molecular weight excluding hydrogens is 256 g/mol. The number of thioether (sulfide) groups is 1. The first-order valence-corrected chi connectivity index (χ1v) is 6.50. The molecule has 1 aromatic carbocycles. The van der Waals surface area contributed by atoms with Crippen molar-refractivity contribution in [1.29, 1.82) is 0 Å². The summed E-state index contributed by atoms with van der Waals surface area (Å²) in [6.45, 7) is -0.278. The van der Waals surface area contributed by atoms with E-state index in [9.17, 15) is 20.3 Å². The maximum absolute atomic E-state index is 10.5. The van der Waals surface area contributed by atoms with Crippen molar-refractivity contribution in [3.05, 3.63) is 39.9 Å². The van der Waals surface area contributed by atoms with Crippen LogP contribution in [0.2, 0.25) is 0 Å². The van der Waals surface area contributed by atoms with Gasteiger partial charge in [0.1, 0.15) is 0 Å². The average Bonchev–Trinajstić information content (AvgIpc) is 2.84. The zero-order valence-electron chi connectivity index (χ0n) is 9.57. The van der Waals surface area contributed by atoms with Gasteiger partial charge < -0.3 is 10.2 Å². The molecule has 0 unspecified atom stereocenters. The third-order valence-electron chi connectivity index (χ3n) is 2.98. The summed E-state index contributed by atoms with van der Waals surface area (Å²) in [5, 5.41) is 32.2. The first kappa shape index (κ1) is 13.3. The Morgan fingerprint density at radius 3 is 2.44 bits per heavy atom. The number of hydrogen-bond donors (Lipinski definition) is 3. The lowest BCUT2D eigenvalue weighted by atomic mass is 10.0. The zero-order valence-corrected chi connectivity index (χ0v) is 10.4. The number of nitro benzene ring substituents is 1. The Labute approximate surface area is 108 Å². The van der Waals surface area contributed by atoms with Crippen LogP contribution in [0.4, 0.5) is 5.69 Å². The van der Waals surface area contributed by atoms with Crippen molar-refractivity contribution in [2.75, 3.05) is 19.0 Å². The number of rotatable bonds is 4. The maximum atomic E-state index is 10.5. The summed E-state index contributed by atoms with van der Waals surface area (Å²) in [7, 11) is 0. The number of aliphatic hydroxyl groups excluding tert-OH is 2. The molecule has 6 nitrogen and oxygen atoms in total. The summed E-state index contributed by atoms with van der Waals surface area (Å²) < 4.78 is 0. The molecule has 1 aliphatic heterocycles. The van der Waals surface area contributed by atoms with Gasteiger partial charge in [0.15, 0.2) is 0 Å². The van der Waals surface area contributed by atoms with E-state index in [1.807, 2.05) is 0 Å². The fraction of sp³-hybridized carbons (Fsp3) is 0.455. The molecule has 1 atom stereocenters. The van der Waals surface area contributed by atoms with Crippen LogP contribution in [0, 0.1) is 10.1 Å². The van der Waals surface area contributed by atoms with Crippen LogP contribution in [0.1, 0.15) is 10.9 Å². The van der Waals surface area contributed by atoms with E-state index in [0.717, 1.165) is 5.56 Å². The van der Waals surface area contributed by atoms with Gasteiger partial charge in [-0.2, -0.15) is 0 Å². The fourth-order valence-electron chi connectivity index (χ4n) is 1.79. The summed E-state index contributed by atoms with van der Waals surface area (Å²) in [4.78, 5) is 10.1. The fourth-order valence-corrected chi connectivity index (χ4v) is 3.22. The number of nitrogens with zero attached hydrogens (tertiary/aromatic N) is 1. The second-order valence-electron chi connectivity index (χ2n) is 4.28. The maximum Gasteiger partial charge on any atom is 0.269 e. The minimum Gasteiger partial charge on any atom is -0.394 e. The standard InChI is InChI=1S/C11H14N2O4S/c14-5-11(6-15)7-18-10(12-11)8-1-3-9(4-2-8)13(16)17/h1-4,10,12,14-15H,5-7H2/t10-/m0/s1. The Morgan fingerprint density at radius 1 is 1.39 bits per heavy atom. The second-order valence-corrected chi connectivity index (χ2v) is 5.37. The second kappa shape index (κ2) is 5.23. The third-order valence-corrected chi connectivity index (χ3v) is 4.42. The van der Waals surface area contributed by atoms with Crippen molar-refractivity contribution in [3.8, 4) is 0 Å². The Morgan fingerprint density at radius 2 is 2.00 bits per heavy atom. The minimum atomic E-state index is -0.670. The van der Waals surface area contributed by atoms with Gasteiger partial charge in [0.25, 0.3) is 5.69 Å². The molecule has 18 heavy (non-hydrogen) atoms. The van der Waals surface area contributed by atoms with Crippen LogP contribution in [0.15, 0.2) is 24.3 Å². The van der Waals surface area contributed by atoms with Gasteiger partial charge >= 0.3 is 0 Å². The lowest BCUT2D eigenvalue weighted by Crippen LogP contribution is -2.49. The van der Waals surface area contributed by atoms with Crippen molar-refractivity contribution in [2.24, 2.45) is 0 Å². The highest BCUT2D eigenvalue weighted by Crippen LogP contribution is 2.37. The molecule has 0 amide bonds. The van der Waals surface area contributed by atoms with Crippen LogP contribution in [0.5, 0.6) is 0 Å². The van der Waals surface area contributed by atoms with Gasteiger partial charge in [0.05, 0.1) is 29.0 Å². The lowest BCUT2D eigenvalue weighted by Gasteiger charge is -2.24. The van der Waals surface area contributed by atoms with Crippen molar-refractivity contribution in [1.82, 2.24) is 5.32 Å². The highest BCUT2D eigenvalue weighted by molar-refractivity contribution is 7.99. The highest BCUT2D eigenvalue weighted by atomic mass is 32.2. The number of benzene rings is 1. The van der Waals surface area contributed by atoms with Gasteiger partial charge in [0.2, 0.25) is 0 Å². The minimum absolute atomic E-state index is 0.0531. The summed E-state index contributed by atoms with van der Waals surface area (Å²) in [5.41, 5.74) is 0.281. The van der Waals surface area contributed by atoms with E-state index in [1.165, 1.54) is 12.1 Å². The van der Waals surface area contributed by atoms with Crippen LogP contribution >= 0.6 is 11.8 Å². The Bertz CT molecular complexity index is 433. The quantitative estimate of drug-likeness (QED) is 0.549. The molecule has 2 rings (SSSR count). The van der Waals surface area contributed by atoms with E-state index in [2.05, 4.69) is 5.32 Å². The van der Waals surface area contributed by atoms with Gasteiger partial charge in [-0.1, -0.05) is 0 Å². The number of nitrogens with one attached hydrogen (secondary N) is 1. The number of aliphatic hydroxyl groups is 2. The topological polar surface area (TPSA) is 95.6 Å². The Balaban J connectivity index is 2.12. The SMILES string of the molecule is O=[N+]([O-])c1ccc([C@H]2NC(CO)(CO)CS2)cc1. The first-order chi connectivity index (χ1) is 8.60. The molecule has 0 aliphatic carbocycles. The van der Waals surface area contributed by atoms with Crippen LogP contribution in [0.25, 0.3) is 0 Å². The molecule has 0 spiro atoms. The predicted molar refractivity (Wildman–Crippen MR) is 68.3 cm³/mol. The number of non-ortho nitro benzene ring substituents is 1.